The number of ether oxygens (including phenoxy) is 1. The molecule has 0 saturated heterocycles. The molecular weight excluding hydrogens is 340 g/mol. The number of nitrogens with one attached hydrogen (secondary N) is 2. The lowest BCUT2D eigenvalue weighted by atomic mass is 10.1. The Bertz CT molecular complexity index is 732. The van der Waals surface area contributed by atoms with E-state index in [0.717, 1.165) is 11.3 Å². The first-order valence-corrected chi connectivity index (χ1v) is 8.35. The Labute approximate surface area is 152 Å². The van der Waals surface area contributed by atoms with Crippen LogP contribution in [0.3, 0.4) is 0 Å². The quantitative estimate of drug-likeness (QED) is 0.797. The molecule has 0 fully saturated rings. The molecule has 1 atom stereocenters. The van der Waals surface area contributed by atoms with Gasteiger partial charge in [0.2, 0.25) is 5.91 Å². The van der Waals surface area contributed by atoms with E-state index in [9.17, 15) is 9.59 Å². The molecule has 0 heterocycles. The number of hydrogen-bond donors (Lipinski definition) is 2. The molecule has 0 aliphatic carbocycles. The van der Waals surface area contributed by atoms with E-state index in [2.05, 4.69) is 10.6 Å². The van der Waals surface area contributed by atoms with Crippen molar-refractivity contribution in [2.24, 2.45) is 0 Å². The molecule has 2 rings (SSSR count). The molecule has 0 spiro atoms. The first-order valence-electron chi connectivity index (χ1n) is 7.97. The van der Waals surface area contributed by atoms with Crippen LogP contribution in [-0.4, -0.2) is 31.5 Å². The Morgan fingerprint density at radius 3 is 2.44 bits per heavy atom. The largest absolute Gasteiger partial charge is 0.497 e. The van der Waals surface area contributed by atoms with Crippen molar-refractivity contribution in [3.63, 3.8) is 0 Å². The SMILES string of the molecule is COc1ccc(CCNC(=O)[C@H](C)NC(=O)c2ccccc2Cl)cc1. The molecule has 0 bridgehead atoms. The molecule has 0 aliphatic rings. The molecule has 132 valence electrons. The third-order valence-electron chi connectivity index (χ3n) is 3.73. The molecule has 2 aromatic carbocycles. The van der Waals surface area contributed by atoms with Crippen molar-refractivity contribution in [3.8, 4) is 5.75 Å². The number of benzene rings is 2. The highest BCUT2D eigenvalue weighted by atomic mass is 35.5. The molecule has 0 aromatic heterocycles. The molecule has 25 heavy (non-hydrogen) atoms. The van der Waals surface area contributed by atoms with Crippen molar-refractivity contribution in [2.45, 2.75) is 19.4 Å². The molecule has 5 nitrogen and oxygen atoms in total. The number of methoxy groups -OCH3 is 1. The van der Waals surface area contributed by atoms with Crippen LogP contribution in [0.5, 0.6) is 5.75 Å². The number of carbonyl (C=O) groups excluding carboxylic acids is 2. The van der Waals surface area contributed by atoms with E-state index < -0.39 is 6.04 Å². The van der Waals surface area contributed by atoms with Crippen molar-refractivity contribution in [2.75, 3.05) is 13.7 Å². The number of rotatable bonds is 7. The summed E-state index contributed by atoms with van der Waals surface area (Å²) in [5, 5.41) is 5.82. The van der Waals surface area contributed by atoms with Gasteiger partial charge in [0.05, 0.1) is 17.7 Å². The second-order valence-corrected chi connectivity index (χ2v) is 5.97. The third kappa shape index (κ3) is 5.50. The molecule has 0 aliphatic heterocycles. The van der Waals surface area contributed by atoms with Gasteiger partial charge in [-0.25, -0.2) is 0 Å². The second-order valence-electron chi connectivity index (χ2n) is 5.56. The maximum Gasteiger partial charge on any atom is 0.253 e. The standard InChI is InChI=1S/C19H21ClN2O3/c1-13(22-19(24)16-5-3-4-6-17(16)20)18(23)21-12-11-14-7-9-15(25-2)10-8-14/h3-10,13H,11-12H2,1-2H3,(H,21,23)(H,22,24)/t13-/m0/s1. The predicted molar refractivity (Wildman–Crippen MR) is 98.1 cm³/mol. The van der Waals surface area contributed by atoms with E-state index in [1.807, 2.05) is 24.3 Å². The minimum atomic E-state index is -0.653. The van der Waals surface area contributed by atoms with Crippen LogP contribution in [0, 0.1) is 0 Å². The maximum absolute atomic E-state index is 12.1. The number of amides is 2. The van der Waals surface area contributed by atoms with Crippen molar-refractivity contribution in [1.82, 2.24) is 10.6 Å². The van der Waals surface area contributed by atoms with Crippen LogP contribution in [0.25, 0.3) is 0 Å². The Morgan fingerprint density at radius 2 is 1.80 bits per heavy atom. The van der Waals surface area contributed by atoms with E-state index in [4.69, 9.17) is 16.3 Å². The van der Waals surface area contributed by atoms with Crippen molar-refractivity contribution in [1.29, 1.82) is 0 Å². The first kappa shape index (κ1) is 18.8. The number of halogens is 1. The Kier molecular flexibility index (Phi) is 6.83. The van der Waals surface area contributed by atoms with Gasteiger partial charge in [0.25, 0.3) is 5.91 Å². The highest BCUT2D eigenvalue weighted by Crippen LogP contribution is 2.14. The highest BCUT2D eigenvalue weighted by molar-refractivity contribution is 6.33. The van der Waals surface area contributed by atoms with E-state index in [1.165, 1.54) is 0 Å². The van der Waals surface area contributed by atoms with Crippen molar-refractivity contribution in [3.05, 3.63) is 64.7 Å². The number of carbonyl (C=O) groups is 2. The Hall–Kier alpha value is -2.53. The minimum Gasteiger partial charge on any atom is -0.497 e. The summed E-state index contributed by atoms with van der Waals surface area (Å²) in [6, 6.07) is 13.7. The van der Waals surface area contributed by atoms with Crippen LogP contribution in [0.15, 0.2) is 48.5 Å². The van der Waals surface area contributed by atoms with Gasteiger partial charge in [0.15, 0.2) is 0 Å². The summed E-state index contributed by atoms with van der Waals surface area (Å²) in [5.74, 6) is 0.181. The van der Waals surface area contributed by atoms with Gasteiger partial charge in [0.1, 0.15) is 11.8 Å². The summed E-state index contributed by atoms with van der Waals surface area (Å²) in [4.78, 5) is 24.3. The lowest BCUT2D eigenvalue weighted by molar-refractivity contribution is -0.122. The maximum atomic E-state index is 12.1. The summed E-state index contributed by atoms with van der Waals surface area (Å²) in [5.41, 5.74) is 1.44. The van der Waals surface area contributed by atoms with Crippen LogP contribution in [-0.2, 0) is 11.2 Å². The van der Waals surface area contributed by atoms with Gasteiger partial charge in [-0.2, -0.15) is 0 Å². The second kappa shape index (κ2) is 9.08. The van der Waals surface area contributed by atoms with Crippen LogP contribution >= 0.6 is 11.6 Å². The average Bonchev–Trinajstić information content (AvgIpc) is 2.62. The summed E-state index contributed by atoms with van der Waals surface area (Å²) in [6.07, 6.45) is 0.695. The van der Waals surface area contributed by atoms with Crippen LogP contribution in [0.2, 0.25) is 5.02 Å². The first-order chi connectivity index (χ1) is 12.0. The molecule has 0 radical (unpaired) electrons. The third-order valence-corrected chi connectivity index (χ3v) is 4.06. The molecule has 2 N–H and O–H groups in total. The van der Waals surface area contributed by atoms with Crippen molar-refractivity contribution < 1.29 is 14.3 Å². The zero-order valence-electron chi connectivity index (χ0n) is 14.2. The normalized spacial score (nSPS) is 11.5. The van der Waals surface area contributed by atoms with Gasteiger partial charge >= 0.3 is 0 Å². The smallest absolute Gasteiger partial charge is 0.253 e. The van der Waals surface area contributed by atoms with Gasteiger partial charge in [0, 0.05) is 6.54 Å². The van der Waals surface area contributed by atoms with Gasteiger partial charge < -0.3 is 15.4 Å². The molecule has 0 unspecified atom stereocenters. The molecule has 2 amide bonds. The molecule has 0 saturated carbocycles. The molecular formula is C19H21ClN2O3. The monoisotopic (exact) mass is 360 g/mol. The van der Waals surface area contributed by atoms with Crippen molar-refractivity contribution >= 4 is 23.4 Å². The van der Waals surface area contributed by atoms with E-state index in [-0.39, 0.29) is 11.8 Å². The minimum absolute atomic E-state index is 0.242. The van der Waals surface area contributed by atoms with E-state index >= 15 is 0 Å². The fourth-order valence-electron chi connectivity index (χ4n) is 2.26. The van der Waals surface area contributed by atoms with Gasteiger partial charge in [-0.3, -0.25) is 9.59 Å². The fraction of sp³-hybridized carbons (Fsp3) is 0.263. The lowest BCUT2D eigenvalue weighted by Gasteiger charge is -2.14. The zero-order valence-corrected chi connectivity index (χ0v) is 15.0. The topological polar surface area (TPSA) is 67.4 Å². The summed E-state index contributed by atoms with van der Waals surface area (Å²) in [7, 11) is 1.62. The predicted octanol–water partition coefficient (Wildman–Crippen LogP) is 2.83. The summed E-state index contributed by atoms with van der Waals surface area (Å²) in [6.45, 7) is 2.12. The number of hydrogen-bond acceptors (Lipinski definition) is 3. The van der Waals surface area contributed by atoms with E-state index in [1.54, 1.807) is 38.3 Å². The zero-order chi connectivity index (χ0) is 18.2. The van der Waals surface area contributed by atoms with E-state index in [0.29, 0.717) is 23.6 Å². The highest BCUT2D eigenvalue weighted by Gasteiger charge is 2.17. The van der Waals surface area contributed by atoms with Gasteiger partial charge in [-0.15, -0.1) is 0 Å². The summed E-state index contributed by atoms with van der Waals surface area (Å²) >= 11 is 5.98. The Balaban J connectivity index is 1.79. The van der Waals surface area contributed by atoms with Gasteiger partial charge in [-0.1, -0.05) is 35.9 Å². The Morgan fingerprint density at radius 1 is 1.12 bits per heavy atom. The van der Waals surface area contributed by atoms with Crippen LogP contribution in [0.1, 0.15) is 22.8 Å². The van der Waals surface area contributed by atoms with Gasteiger partial charge in [-0.05, 0) is 43.2 Å². The lowest BCUT2D eigenvalue weighted by Crippen LogP contribution is -2.45. The summed E-state index contributed by atoms with van der Waals surface area (Å²) < 4.78 is 5.11. The molecule has 6 heteroatoms. The van der Waals surface area contributed by atoms with Crippen LogP contribution in [0.4, 0.5) is 0 Å². The van der Waals surface area contributed by atoms with Crippen LogP contribution < -0.4 is 15.4 Å². The fourth-order valence-corrected chi connectivity index (χ4v) is 2.48. The average molecular weight is 361 g/mol. The molecule has 2 aromatic rings.